The number of methoxy groups -OCH3 is 1. The molecule has 0 bridgehead atoms. The van der Waals surface area contributed by atoms with E-state index in [-0.39, 0.29) is 0 Å². The molecule has 0 spiro atoms. The van der Waals surface area contributed by atoms with Gasteiger partial charge < -0.3 is 14.6 Å². The number of carboxylic acids is 1. The summed E-state index contributed by atoms with van der Waals surface area (Å²) in [7, 11) is 1.56. The van der Waals surface area contributed by atoms with E-state index < -0.39 is 5.97 Å². The molecule has 0 aromatic heterocycles. The number of benzene rings is 1. The van der Waals surface area contributed by atoms with Gasteiger partial charge in [0, 0.05) is 6.08 Å². The standard InChI is InChI=1S/C16H21BrO4/c1-11(2)5-4-8-21-16-13(17)9-12(6-7-15(18)19)10-14(16)20-3/h6-7,9-11H,4-5,8H2,1-3H3,(H,18,19)/b7-6+. The van der Waals surface area contributed by atoms with Crippen molar-refractivity contribution >= 4 is 28.0 Å². The molecule has 1 rings (SSSR count). The first-order chi connectivity index (χ1) is 9.93. The average molecular weight is 357 g/mol. The summed E-state index contributed by atoms with van der Waals surface area (Å²) in [5.74, 6) is 0.897. The zero-order valence-electron chi connectivity index (χ0n) is 12.6. The number of aliphatic carboxylic acids is 1. The van der Waals surface area contributed by atoms with Crippen LogP contribution in [-0.4, -0.2) is 24.8 Å². The van der Waals surface area contributed by atoms with Crippen LogP contribution in [0.25, 0.3) is 6.08 Å². The summed E-state index contributed by atoms with van der Waals surface area (Å²) in [5.41, 5.74) is 0.732. The summed E-state index contributed by atoms with van der Waals surface area (Å²) in [4.78, 5) is 10.6. The average Bonchev–Trinajstić information content (AvgIpc) is 2.42. The summed E-state index contributed by atoms with van der Waals surface area (Å²) >= 11 is 3.44. The summed E-state index contributed by atoms with van der Waals surface area (Å²) in [5, 5.41) is 8.66. The first-order valence-electron chi connectivity index (χ1n) is 6.85. The van der Waals surface area contributed by atoms with Crippen molar-refractivity contribution in [3.63, 3.8) is 0 Å². The second-order valence-electron chi connectivity index (χ2n) is 5.09. The van der Waals surface area contributed by atoms with Crippen LogP contribution in [0.3, 0.4) is 0 Å². The van der Waals surface area contributed by atoms with Crippen molar-refractivity contribution in [3.8, 4) is 11.5 Å². The molecule has 21 heavy (non-hydrogen) atoms. The number of hydrogen-bond acceptors (Lipinski definition) is 3. The molecule has 0 aliphatic heterocycles. The first-order valence-corrected chi connectivity index (χ1v) is 7.64. The fourth-order valence-corrected chi connectivity index (χ4v) is 2.38. The normalized spacial score (nSPS) is 11.1. The zero-order valence-corrected chi connectivity index (χ0v) is 14.1. The lowest BCUT2D eigenvalue weighted by atomic mass is 10.1. The van der Waals surface area contributed by atoms with Gasteiger partial charge in [-0.2, -0.15) is 0 Å². The van der Waals surface area contributed by atoms with Crippen molar-refractivity contribution in [1.82, 2.24) is 0 Å². The molecule has 0 atom stereocenters. The van der Waals surface area contributed by atoms with Crippen LogP contribution in [0.2, 0.25) is 0 Å². The minimum absolute atomic E-state index is 0.582. The minimum Gasteiger partial charge on any atom is -0.493 e. The van der Waals surface area contributed by atoms with Gasteiger partial charge in [0.1, 0.15) is 0 Å². The van der Waals surface area contributed by atoms with Crippen LogP contribution in [-0.2, 0) is 4.79 Å². The van der Waals surface area contributed by atoms with E-state index >= 15 is 0 Å². The number of ether oxygens (including phenoxy) is 2. The fraction of sp³-hybridized carbons (Fsp3) is 0.438. The van der Waals surface area contributed by atoms with Crippen LogP contribution in [0.15, 0.2) is 22.7 Å². The molecule has 5 heteroatoms. The largest absolute Gasteiger partial charge is 0.493 e. The first kappa shape index (κ1) is 17.6. The van der Waals surface area contributed by atoms with Crippen LogP contribution in [0, 0.1) is 5.92 Å². The monoisotopic (exact) mass is 356 g/mol. The molecule has 0 aliphatic rings. The van der Waals surface area contributed by atoms with Crippen molar-refractivity contribution in [2.24, 2.45) is 5.92 Å². The second kappa shape index (κ2) is 8.72. The van der Waals surface area contributed by atoms with E-state index in [0.717, 1.165) is 29.0 Å². The SMILES string of the molecule is COc1cc(/C=C/C(=O)O)cc(Br)c1OCCCC(C)C. The third kappa shape index (κ3) is 6.21. The maximum atomic E-state index is 10.6. The van der Waals surface area contributed by atoms with Gasteiger partial charge in [-0.05, 0) is 58.5 Å². The van der Waals surface area contributed by atoms with Crippen molar-refractivity contribution in [2.75, 3.05) is 13.7 Å². The van der Waals surface area contributed by atoms with E-state index in [4.69, 9.17) is 14.6 Å². The molecule has 0 heterocycles. The number of carbonyl (C=O) groups is 1. The van der Waals surface area contributed by atoms with Gasteiger partial charge in [-0.15, -0.1) is 0 Å². The third-order valence-electron chi connectivity index (χ3n) is 2.84. The molecule has 1 aromatic carbocycles. The Morgan fingerprint density at radius 1 is 1.43 bits per heavy atom. The summed E-state index contributed by atoms with van der Waals surface area (Å²) in [6.07, 6.45) is 4.69. The Morgan fingerprint density at radius 3 is 2.71 bits per heavy atom. The van der Waals surface area contributed by atoms with Gasteiger partial charge in [0.05, 0.1) is 18.2 Å². The van der Waals surface area contributed by atoms with E-state index in [9.17, 15) is 4.79 Å². The number of hydrogen-bond donors (Lipinski definition) is 1. The highest BCUT2D eigenvalue weighted by Gasteiger charge is 2.11. The molecular formula is C16H21BrO4. The molecule has 0 unspecified atom stereocenters. The van der Waals surface area contributed by atoms with E-state index in [0.29, 0.717) is 24.0 Å². The number of halogens is 1. The fourth-order valence-electron chi connectivity index (χ4n) is 1.81. The third-order valence-corrected chi connectivity index (χ3v) is 3.43. The zero-order chi connectivity index (χ0) is 15.8. The summed E-state index contributed by atoms with van der Waals surface area (Å²) < 4.78 is 11.8. The van der Waals surface area contributed by atoms with Gasteiger partial charge in [0.15, 0.2) is 11.5 Å². The molecule has 0 aliphatic carbocycles. The highest BCUT2D eigenvalue weighted by atomic mass is 79.9. The maximum Gasteiger partial charge on any atom is 0.328 e. The van der Waals surface area contributed by atoms with Crippen molar-refractivity contribution in [3.05, 3.63) is 28.2 Å². The molecule has 1 aromatic rings. The number of carboxylic acid groups (broad SMARTS) is 1. The molecule has 0 fully saturated rings. The molecule has 1 N–H and O–H groups in total. The van der Waals surface area contributed by atoms with E-state index in [1.807, 2.05) is 0 Å². The second-order valence-corrected chi connectivity index (χ2v) is 5.94. The highest BCUT2D eigenvalue weighted by Crippen LogP contribution is 2.37. The van der Waals surface area contributed by atoms with Gasteiger partial charge in [0.25, 0.3) is 0 Å². The quantitative estimate of drug-likeness (QED) is 0.554. The van der Waals surface area contributed by atoms with Crippen molar-refractivity contribution < 1.29 is 19.4 Å². The predicted octanol–water partition coefficient (Wildman–Crippen LogP) is 4.37. The Hall–Kier alpha value is -1.49. The van der Waals surface area contributed by atoms with Gasteiger partial charge in [-0.3, -0.25) is 0 Å². The molecular weight excluding hydrogens is 336 g/mol. The van der Waals surface area contributed by atoms with Crippen molar-refractivity contribution in [1.29, 1.82) is 0 Å². The molecule has 4 nitrogen and oxygen atoms in total. The molecule has 0 amide bonds. The van der Waals surface area contributed by atoms with Crippen LogP contribution < -0.4 is 9.47 Å². The molecule has 0 saturated carbocycles. The Morgan fingerprint density at radius 2 is 2.14 bits per heavy atom. The molecule has 0 radical (unpaired) electrons. The molecule has 116 valence electrons. The maximum absolute atomic E-state index is 10.6. The van der Waals surface area contributed by atoms with Gasteiger partial charge in [0.2, 0.25) is 0 Å². The van der Waals surface area contributed by atoms with Gasteiger partial charge >= 0.3 is 5.97 Å². The lowest BCUT2D eigenvalue weighted by Gasteiger charge is -2.14. The van der Waals surface area contributed by atoms with Crippen molar-refractivity contribution in [2.45, 2.75) is 26.7 Å². The van der Waals surface area contributed by atoms with E-state index in [2.05, 4.69) is 29.8 Å². The Kier molecular flexibility index (Phi) is 7.29. The lowest BCUT2D eigenvalue weighted by molar-refractivity contribution is -0.131. The summed E-state index contributed by atoms with van der Waals surface area (Å²) in [6.45, 7) is 4.98. The van der Waals surface area contributed by atoms with Crippen LogP contribution in [0.5, 0.6) is 11.5 Å². The van der Waals surface area contributed by atoms with Crippen LogP contribution >= 0.6 is 15.9 Å². The smallest absolute Gasteiger partial charge is 0.328 e. The highest BCUT2D eigenvalue weighted by molar-refractivity contribution is 9.10. The number of rotatable bonds is 8. The predicted molar refractivity (Wildman–Crippen MR) is 86.9 cm³/mol. The van der Waals surface area contributed by atoms with E-state index in [1.54, 1.807) is 19.2 Å². The summed E-state index contributed by atoms with van der Waals surface area (Å²) in [6, 6.07) is 3.56. The Bertz CT molecular complexity index is 509. The lowest BCUT2D eigenvalue weighted by Crippen LogP contribution is -2.02. The Labute approximate surface area is 133 Å². The van der Waals surface area contributed by atoms with Crippen LogP contribution in [0.1, 0.15) is 32.3 Å². The van der Waals surface area contributed by atoms with E-state index in [1.165, 1.54) is 6.08 Å². The molecule has 0 saturated heterocycles. The van der Waals surface area contributed by atoms with Crippen LogP contribution in [0.4, 0.5) is 0 Å². The topological polar surface area (TPSA) is 55.8 Å². The Balaban J connectivity index is 2.82. The minimum atomic E-state index is -0.987. The van der Waals surface area contributed by atoms with Gasteiger partial charge in [-0.25, -0.2) is 4.79 Å². The van der Waals surface area contributed by atoms with Gasteiger partial charge in [-0.1, -0.05) is 13.8 Å².